The number of rotatable bonds is 6. The molecule has 2 aromatic heterocycles. The van der Waals surface area contributed by atoms with Crippen molar-refractivity contribution in [3.05, 3.63) is 57.6 Å². The molecule has 25 heavy (non-hydrogen) atoms. The summed E-state index contributed by atoms with van der Waals surface area (Å²) in [7, 11) is 1.72. The van der Waals surface area contributed by atoms with Crippen LogP contribution in [-0.4, -0.2) is 29.0 Å². The number of esters is 1. The fourth-order valence-corrected chi connectivity index (χ4v) is 2.52. The van der Waals surface area contributed by atoms with E-state index in [2.05, 4.69) is 15.3 Å². The Kier molecular flexibility index (Phi) is 11.0. The third-order valence-corrected chi connectivity index (χ3v) is 3.64. The molecule has 0 aliphatic rings. The minimum Gasteiger partial charge on any atom is -0.460 e. The monoisotopic (exact) mass is 425 g/mol. The molecule has 0 aliphatic heterocycles. The van der Waals surface area contributed by atoms with Crippen molar-refractivity contribution in [2.45, 2.75) is 26.0 Å². The number of pyridine rings is 2. The Morgan fingerprint density at radius 3 is 2.36 bits per heavy atom. The Bertz CT molecular complexity index is 663. The Morgan fingerprint density at radius 1 is 1.20 bits per heavy atom. The van der Waals surface area contributed by atoms with Gasteiger partial charge in [0.2, 0.25) is 0 Å². The Hall–Kier alpha value is -1.11. The Balaban J connectivity index is 0.00000288. The van der Waals surface area contributed by atoms with Crippen LogP contribution in [0.15, 0.2) is 30.5 Å². The minimum atomic E-state index is -0.452. The largest absolute Gasteiger partial charge is 0.460 e. The number of carbonyl (C=O) groups is 1. The van der Waals surface area contributed by atoms with Gasteiger partial charge in [-0.2, -0.15) is 0 Å². The van der Waals surface area contributed by atoms with E-state index in [1.54, 1.807) is 25.4 Å². The highest BCUT2D eigenvalue weighted by molar-refractivity contribution is 6.32. The van der Waals surface area contributed by atoms with Gasteiger partial charge in [-0.15, -0.1) is 24.8 Å². The average Bonchev–Trinajstić information content (AvgIpc) is 2.51. The molecule has 1 N–H and O–H groups in total. The summed E-state index contributed by atoms with van der Waals surface area (Å²) in [6.45, 7) is 2.00. The minimum absolute atomic E-state index is 0. The van der Waals surface area contributed by atoms with Crippen molar-refractivity contribution < 1.29 is 9.53 Å². The van der Waals surface area contributed by atoms with Crippen LogP contribution >= 0.6 is 48.0 Å². The number of ether oxygens (including phenoxy) is 1. The predicted octanol–water partition coefficient (Wildman–Crippen LogP) is 3.81. The second-order valence-electron chi connectivity index (χ2n) is 5.08. The smallest absolute Gasteiger partial charge is 0.323 e. The van der Waals surface area contributed by atoms with Crippen molar-refractivity contribution in [2.24, 2.45) is 0 Å². The van der Waals surface area contributed by atoms with Crippen LogP contribution in [0, 0.1) is 6.92 Å². The van der Waals surface area contributed by atoms with E-state index in [1.165, 1.54) is 0 Å². The number of aryl methyl sites for hydroxylation is 1. The second kappa shape index (κ2) is 11.5. The van der Waals surface area contributed by atoms with Crippen molar-refractivity contribution >= 4 is 54.0 Å². The average molecular weight is 427 g/mol. The molecule has 0 fully saturated rings. The van der Waals surface area contributed by atoms with Gasteiger partial charge in [0.1, 0.15) is 23.0 Å². The summed E-state index contributed by atoms with van der Waals surface area (Å²) in [5, 5.41) is 3.48. The second-order valence-corrected chi connectivity index (χ2v) is 5.86. The summed E-state index contributed by atoms with van der Waals surface area (Å²) >= 11 is 11.6. The van der Waals surface area contributed by atoms with Crippen LogP contribution in [0.3, 0.4) is 0 Å². The van der Waals surface area contributed by atoms with Gasteiger partial charge in [-0.1, -0.05) is 29.3 Å². The Labute approximate surface area is 169 Å². The molecule has 0 aliphatic carbocycles. The molecule has 138 valence electrons. The first kappa shape index (κ1) is 23.9. The lowest BCUT2D eigenvalue weighted by Crippen LogP contribution is -2.37. The van der Waals surface area contributed by atoms with Crippen LogP contribution < -0.4 is 5.32 Å². The molecule has 0 saturated heterocycles. The summed E-state index contributed by atoms with van der Waals surface area (Å²) in [5.41, 5.74) is 2.58. The molecular weight excluding hydrogens is 408 g/mol. The van der Waals surface area contributed by atoms with Crippen LogP contribution in [0.2, 0.25) is 10.3 Å². The number of hydrogen-bond donors (Lipinski definition) is 1. The maximum absolute atomic E-state index is 12.2. The first-order chi connectivity index (χ1) is 11.0. The first-order valence-electron chi connectivity index (χ1n) is 7.05. The fourth-order valence-electron chi connectivity index (χ4n) is 2.01. The summed E-state index contributed by atoms with van der Waals surface area (Å²) in [4.78, 5) is 20.3. The standard InChI is InChI=1S/C16H17Cl2N3O2.2ClH/c1-10-3-4-11(8-20-10)5-13(19-2)16(22)23-9-12-6-14(17)21-15(18)7-12;;/h3-4,6-8,13,19H,5,9H2,1-2H3;2*1H/t13-;;/m0../s1. The van der Waals surface area contributed by atoms with Gasteiger partial charge in [0.05, 0.1) is 0 Å². The van der Waals surface area contributed by atoms with Gasteiger partial charge in [0.15, 0.2) is 0 Å². The molecule has 5 nitrogen and oxygen atoms in total. The molecule has 2 rings (SSSR count). The Morgan fingerprint density at radius 2 is 1.84 bits per heavy atom. The van der Waals surface area contributed by atoms with E-state index < -0.39 is 6.04 Å². The van der Waals surface area contributed by atoms with Gasteiger partial charge in [0, 0.05) is 11.9 Å². The van der Waals surface area contributed by atoms with Crippen molar-refractivity contribution in [2.75, 3.05) is 7.05 Å². The van der Waals surface area contributed by atoms with Crippen LogP contribution in [0.25, 0.3) is 0 Å². The summed E-state index contributed by atoms with van der Waals surface area (Å²) in [6.07, 6.45) is 2.26. The van der Waals surface area contributed by atoms with Gasteiger partial charge < -0.3 is 10.1 Å². The quantitative estimate of drug-likeness (QED) is 0.562. The molecule has 0 amide bonds. The topological polar surface area (TPSA) is 64.1 Å². The van der Waals surface area contributed by atoms with Gasteiger partial charge in [-0.3, -0.25) is 9.78 Å². The molecule has 0 radical (unpaired) electrons. The van der Waals surface area contributed by atoms with E-state index in [9.17, 15) is 4.79 Å². The number of nitrogens with zero attached hydrogens (tertiary/aromatic N) is 2. The van der Waals surface area contributed by atoms with Crippen molar-refractivity contribution in [1.29, 1.82) is 0 Å². The van der Waals surface area contributed by atoms with Crippen LogP contribution in [-0.2, 0) is 22.6 Å². The number of likely N-dealkylation sites (N-methyl/N-ethyl adjacent to an activating group) is 1. The number of hydrogen-bond acceptors (Lipinski definition) is 5. The highest BCUT2D eigenvalue weighted by Crippen LogP contribution is 2.15. The van der Waals surface area contributed by atoms with Gasteiger partial charge >= 0.3 is 5.97 Å². The molecule has 0 unspecified atom stereocenters. The van der Waals surface area contributed by atoms with Crippen LogP contribution in [0.4, 0.5) is 0 Å². The molecule has 0 aromatic carbocycles. The molecule has 2 aromatic rings. The van der Waals surface area contributed by atoms with Gasteiger partial charge in [0.25, 0.3) is 0 Å². The number of nitrogens with one attached hydrogen (secondary N) is 1. The lowest BCUT2D eigenvalue weighted by Gasteiger charge is -2.15. The van der Waals surface area contributed by atoms with E-state index in [4.69, 9.17) is 27.9 Å². The highest BCUT2D eigenvalue weighted by atomic mass is 35.5. The first-order valence-corrected chi connectivity index (χ1v) is 7.81. The molecule has 1 atom stereocenters. The zero-order valence-corrected chi connectivity index (χ0v) is 16.8. The number of carbonyl (C=O) groups excluding carboxylic acids is 1. The molecule has 9 heteroatoms. The third-order valence-electron chi connectivity index (χ3n) is 3.25. The van der Waals surface area contributed by atoms with E-state index in [0.29, 0.717) is 12.0 Å². The van der Waals surface area contributed by atoms with Gasteiger partial charge in [-0.25, -0.2) is 4.98 Å². The summed E-state index contributed by atoms with van der Waals surface area (Å²) in [5.74, 6) is -0.350. The lowest BCUT2D eigenvalue weighted by molar-refractivity contribution is -0.147. The fraction of sp³-hybridized carbons (Fsp3) is 0.312. The molecule has 0 saturated carbocycles. The maximum Gasteiger partial charge on any atom is 0.323 e. The van der Waals surface area contributed by atoms with Crippen LogP contribution in [0.5, 0.6) is 0 Å². The number of halogens is 4. The predicted molar refractivity (Wildman–Crippen MR) is 104 cm³/mol. The van der Waals surface area contributed by atoms with E-state index in [1.807, 2.05) is 19.1 Å². The molecule has 0 bridgehead atoms. The zero-order chi connectivity index (χ0) is 16.8. The highest BCUT2D eigenvalue weighted by Gasteiger charge is 2.19. The van der Waals surface area contributed by atoms with Crippen molar-refractivity contribution in [3.8, 4) is 0 Å². The van der Waals surface area contributed by atoms with E-state index in [0.717, 1.165) is 11.3 Å². The van der Waals surface area contributed by atoms with Gasteiger partial charge in [-0.05, 0) is 49.7 Å². The maximum atomic E-state index is 12.2. The van der Waals surface area contributed by atoms with E-state index >= 15 is 0 Å². The molecular formula is C16H19Cl4N3O2. The van der Waals surface area contributed by atoms with E-state index in [-0.39, 0.29) is 47.7 Å². The number of aromatic nitrogens is 2. The summed E-state index contributed by atoms with van der Waals surface area (Å²) < 4.78 is 5.32. The van der Waals surface area contributed by atoms with Crippen molar-refractivity contribution in [3.63, 3.8) is 0 Å². The SMILES string of the molecule is CN[C@@H](Cc1ccc(C)nc1)C(=O)OCc1cc(Cl)nc(Cl)c1.Cl.Cl. The zero-order valence-electron chi connectivity index (χ0n) is 13.7. The van der Waals surface area contributed by atoms with Crippen molar-refractivity contribution in [1.82, 2.24) is 15.3 Å². The summed E-state index contributed by atoms with van der Waals surface area (Å²) in [6, 6.07) is 6.63. The third kappa shape index (κ3) is 7.75. The molecule has 2 heterocycles. The molecule has 0 spiro atoms. The van der Waals surface area contributed by atoms with Crippen LogP contribution in [0.1, 0.15) is 16.8 Å². The normalized spacial score (nSPS) is 11.0. The lowest BCUT2D eigenvalue weighted by atomic mass is 10.1.